The van der Waals surface area contributed by atoms with E-state index in [0.717, 1.165) is 23.5 Å². The monoisotopic (exact) mass is 311 g/mol. The van der Waals surface area contributed by atoms with E-state index < -0.39 is 10.0 Å². The predicted octanol–water partition coefficient (Wildman–Crippen LogP) is 1.21. The van der Waals surface area contributed by atoms with Gasteiger partial charge in [-0.15, -0.1) is 0 Å². The molecule has 0 radical (unpaired) electrons. The molecule has 1 N–H and O–H groups in total. The lowest BCUT2D eigenvalue weighted by atomic mass is 10.2. The van der Waals surface area contributed by atoms with Crippen molar-refractivity contribution >= 4 is 10.0 Å². The predicted molar refractivity (Wildman–Crippen MR) is 79.3 cm³/mol. The Morgan fingerprint density at radius 3 is 2.48 bits per heavy atom. The molecule has 0 saturated carbocycles. The van der Waals surface area contributed by atoms with Gasteiger partial charge in [0.2, 0.25) is 10.0 Å². The van der Waals surface area contributed by atoms with Crippen LogP contribution >= 0.6 is 0 Å². The smallest absolute Gasteiger partial charge is 0.243 e. The summed E-state index contributed by atoms with van der Waals surface area (Å²) in [5.41, 5.74) is 2.76. The van der Waals surface area contributed by atoms with Gasteiger partial charge in [-0.05, 0) is 27.7 Å². The van der Waals surface area contributed by atoms with Crippen molar-refractivity contribution < 1.29 is 8.42 Å². The standard InChI is InChI=1S/C13H21N5O2S/c1-5-17-9-12(7-14-17)21(19,20)15-8-13-10(3)16-18(6-2)11(13)4/h7,9,15H,5-6,8H2,1-4H3. The zero-order valence-corrected chi connectivity index (χ0v) is 13.6. The van der Waals surface area contributed by atoms with Crippen molar-refractivity contribution in [1.82, 2.24) is 24.3 Å². The topological polar surface area (TPSA) is 81.8 Å². The maximum Gasteiger partial charge on any atom is 0.243 e. The second kappa shape index (κ2) is 5.98. The molecule has 2 heterocycles. The van der Waals surface area contributed by atoms with Crippen molar-refractivity contribution in [2.75, 3.05) is 0 Å². The Balaban J connectivity index is 2.17. The van der Waals surface area contributed by atoms with E-state index in [4.69, 9.17) is 0 Å². The summed E-state index contributed by atoms with van der Waals surface area (Å²) >= 11 is 0. The van der Waals surface area contributed by atoms with E-state index in [-0.39, 0.29) is 11.4 Å². The van der Waals surface area contributed by atoms with Crippen molar-refractivity contribution in [2.24, 2.45) is 0 Å². The zero-order chi connectivity index (χ0) is 15.6. The van der Waals surface area contributed by atoms with Crippen LogP contribution in [0.3, 0.4) is 0 Å². The molecule has 0 saturated heterocycles. The Morgan fingerprint density at radius 2 is 1.95 bits per heavy atom. The van der Waals surface area contributed by atoms with Gasteiger partial charge in [0.15, 0.2) is 0 Å². The number of hydrogen-bond acceptors (Lipinski definition) is 4. The normalized spacial score (nSPS) is 12.0. The van der Waals surface area contributed by atoms with Gasteiger partial charge in [0.25, 0.3) is 0 Å². The lowest BCUT2D eigenvalue weighted by Gasteiger charge is -2.06. The molecule has 21 heavy (non-hydrogen) atoms. The van der Waals surface area contributed by atoms with Crippen molar-refractivity contribution in [3.8, 4) is 0 Å². The van der Waals surface area contributed by atoms with Crippen LogP contribution in [0.4, 0.5) is 0 Å². The third kappa shape index (κ3) is 3.16. The molecule has 0 aliphatic rings. The summed E-state index contributed by atoms with van der Waals surface area (Å²) in [4.78, 5) is 0.183. The quantitative estimate of drug-likeness (QED) is 0.869. The minimum atomic E-state index is -3.55. The molecular formula is C13H21N5O2S. The molecule has 0 aliphatic carbocycles. The number of hydrogen-bond donors (Lipinski definition) is 1. The van der Waals surface area contributed by atoms with E-state index >= 15 is 0 Å². The lowest BCUT2D eigenvalue weighted by Crippen LogP contribution is -2.23. The van der Waals surface area contributed by atoms with Gasteiger partial charge in [-0.1, -0.05) is 0 Å². The number of aryl methyl sites for hydroxylation is 3. The summed E-state index contributed by atoms with van der Waals surface area (Å²) in [5, 5.41) is 8.37. The summed E-state index contributed by atoms with van der Waals surface area (Å²) in [5.74, 6) is 0. The lowest BCUT2D eigenvalue weighted by molar-refractivity contribution is 0.580. The Hall–Kier alpha value is -1.67. The first-order valence-corrected chi connectivity index (χ1v) is 8.42. The molecule has 2 aromatic rings. The molecule has 0 atom stereocenters. The van der Waals surface area contributed by atoms with E-state index in [1.807, 2.05) is 32.4 Å². The molecule has 7 nitrogen and oxygen atoms in total. The van der Waals surface area contributed by atoms with Crippen molar-refractivity contribution in [1.29, 1.82) is 0 Å². The molecule has 2 rings (SSSR count). The Labute approximate surface area is 125 Å². The minimum absolute atomic E-state index is 0.183. The third-order valence-corrected chi connectivity index (χ3v) is 4.87. The first-order valence-electron chi connectivity index (χ1n) is 6.94. The van der Waals surface area contributed by atoms with Crippen molar-refractivity contribution in [3.05, 3.63) is 29.3 Å². The van der Waals surface area contributed by atoms with Gasteiger partial charge in [0.1, 0.15) is 4.90 Å². The Bertz CT molecular complexity index is 730. The third-order valence-electron chi connectivity index (χ3n) is 3.51. The summed E-state index contributed by atoms with van der Waals surface area (Å²) in [6.07, 6.45) is 2.89. The molecule has 0 bridgehead atoms. The molecule has 0 fully saturated rings. The van der Waals surface area contributed by atoms with E-state index in [0.29, 0.717) is 6.54 Å². The molecule has 0 aromatic carbocycles. The fourth-order valence-corrected chi connectivity index (χ4v) is 3.15. The Kier molecular flexibility index (Phi) is 4.48. The highest BCUT2D eigenvalue weighted by Gasteiger charge is 2.18. The first kappa shape index (κ1) is 15.7. The average Bonchev–Trinajstić information content (AvgIpc) is 3.03. The highest BCUT2D eigenvalue weighted by atomic mass is 32.2. The zero-order valence-electron chi connectivity index (χ0n) is 12.8. The van der Waals surface area contributed by atoms with Crippen LogP contribution in [-0.2, 0) is 29.7 Å². The highest BCUT2D eigenvalue weighted by Crippen LogP contribution is 2.14. The second-order valence-corrected chi connectivity index (χ2v) is 6.59. The summed E-state index contributed by atoms with van der Waals surface area (Å²) < 4.78 is 30.6. The molecule has 2 aromatic heterocycles. The number of rotatable bonds is 6. The van der Waals surface area contributed by atoms with E-state index in [1.54, 1.807) is 4.68 Å². The molecule has 0 aliphatic heterocycles. The van der Waals surface area contributed by atoms with Crippen LogP contribution < -0.4 is 4.72 Å². The van der Waals surface area contributed by atoms with Gasteiger partial charge in [0, 0.05) is 37.1 Å². The largest absolute Gasteiger partial charge is 0.272 e. The van der Waals surface area contributed by atoms with Crippen LogP contribution in [0.5, 0.6) is 0 Å². The van der Waals surface area contributed by atoms with Gasteiger partial charge in [0.05, 0.1) is 11.9 Å². The van der Waals surface area contributed by atoms with Crippen LogP contribution in [0.2, 0.25) is 0 Å². The Morgan fingerprint density at radius 1 is 1.24 bits per heavy atom. The van der Waals surface area contributed by atoms with Gasteiger partial charge in [-0.3, -0.25) is 9.36 Å². The highest BCUT2D eigenvalue weighted by molar-refractivity contribution is 7.89. The van der Waals surface area contributed by atoms with Crippen LogP contribution in [0.15, 0.2) is 17.3 Å². The number of nitrogens with zero attached hydrogens (tertiary/aromatic N) is 4. The van der Waals surface area contributed by atoms with Crippen molar-refractivity contribution in [2.45, 2.75) is 52.2 Å². The SMILES string of the molecule is CCn1cc(S(=O)(=O)NCc2c(C)nn(CC)c2C)cn1. The number of sulfonamides is 1. The van der Waals surface area contributed by atoms with E-state index in [1.165, 1.54) is 12.4 Å². The average molecular weight is 311 g/mol. The maximum atomic E-state index is 12.2. The molecule has 116 valence electrons. The summed E-state index contributed by atoms with van der Waals surface area (Å²) in [7, 11) is -3.55. The molecular weight excluding hydrogens is 290 g/mol. The minimum Gasteiger partial charge on any atom is -0.272 e. The summed E-state index contributed by atoms with van der Waals surface area (Å²) in [6.45, 7) is 9.38. The van der Waals surface area contributed by atoms with Crippen LogP contribution in [0.1, 0.15) is 30.8 Å². The first-order chi connectivity index (χ1) is 9.89. The fraction of sp³-hybridized carbons (Fsp3) is 0.538. The van der Waals surface area contributed by atoms with E-state index in [9.17, 15) is 8.42 Å². The van der Waals surface area contributed by atoms with E-state index in [2.05, 4.69) is 14.9 Å². The van der Waals surface area contributed by atoms with Gasteiger partial charge >= 0.3 is 0 Å². The molecule has 8 heteroatoms. The fourth-order valence-electron chi connectivity index (χ4n) is 2.20. The number of nitrogens with one attached hydrogen (secondary N) is 1. The van der Waals surface area contributed by atoms with Gasteiger partial charge < -0.3 is 0 Å². The molecule has 0 unspecified atom stereocenters. The maximum absolute atomic E-state index is 12.2. The van der Waals surface area contributed by atoms with Crippen LogP contribution in [0.25, 0.3) is 0 Å². The molecule has 0 spiro atoms. The van der Waals surface area contributed by atoms with Crippen LogP contribution in [-0.4, -0.2) is 28.0 Å². The molecule has 0 amide bonds. The number of aromatic nitrogens is 4. The second-order valence-electron chi connectivity index (χ2n) is 4.82. The van der Waals surface area contributed by atoms with Crippen LogP contribution in [0, 0.1) is 13.8 Å². The van der Waals surface area contributed by atoms with Gasteiger partial charge in [-0.2, -0.15) is 10.2 Å². The van der Waals surface area contributed by atoms with Crippen molar-refractivity contribution in [3.63, 3.8) is 0 Å². The van der Waals surface area contributed by atoms with Gasteiger partial charge in [-0.25, -0.2) is 13.1 Å². The summed E-state index contributed by atoms with van der Waals surface area (Å²) in [6, 6.07) is 0.